The van der Waals surface area contributed by atoms with Gasteiger partial charge in [-0.15, -0.1) is 0 Å². The molecule has 0 aromatic heterocycles. The van der Waals surface area contributed by atoms with Gasteiger partial charge in [-0.3, -0.25) is 9.59 Å². The molecular formula is C20H25N3O2. The molecule has 5 nitrogen and oxygen atoms in total. The summed E-state index contributed by atoms with van der Waals surface area (Å²) in [5, 5.41) is 5.30. The molecule has 2 rings (SSSR count). The number of carbonyl (C=O) groups excluding carboxylic acids is 2. The second kappa shape index (κ2) is 8.87. The van der Waals surface area contributed by atoms with Gasteiger partial charge in [-0.05, 0) is 56.2 Å². The van der Waals surface area contributed by atoms with E-state index in [0.29, 0.717) is 11.4 Å². The number of para-hydroxylation sites is 1. The van der Waals surface area contributed by atoms with Crippen molar-refractivity contribution in [1.82, 2.24) is 0 Å². The van der Waals surface area contributed by atoms with Crippen LogP contribution in [0.4, 0.5) is 17.1 Å². The van der Waals surface area contributed by atoms with Crippen molar-refractivity contribution in [2.45, 2.75) is 27.2 Å². The molecule has 2 aromatic rings. The summed E-state index contributed by atoms with van der Waals surface area (Å²) in [5.74, 6) is -1.35. The van der Waals surface area contributed by atoms with Gasteiger partial charge in [0.25, 0.3) is 0 Å². The molecule has 0 aliphatic rings. The molecule has 0 heterocycles. The van der Waals surface area contributed by atoms with Crippen LogP contribution in [0.2, 0.25) is 0 Å². The molecule has 2 N–H and O–H groups in total. The number of amides is 2. The predicted molar refractivity (Wildman–Crippen MR) is 103 cm³/mol. The topological polar surface area (TPSA) is 61.4 Å². The van der Waals surface area contributed by atoms with Crippen molar-refractivity contribution in [1.29, 1.82) is 0 Å². The summed E-state index contributed by atoms with van der Waals surface area (Å²) in [5.41, 5.74) is 3.35. The number of aryl methyl sites for hydroxylation is 1. The zero-order valence-corrected chi connectivity index (χ0v) is 15.0. The Morgan fingerprint density at radius 1 is 0.840 bits per heavy atom. The van der Waals surface area contributed by atoms with Crippen molar-refractivity contribution < 1.29 is 9.59 Å². The van der Waals surface area contributed by atoms with Gasteiger partial charge in [-0.25, -0.2) is 0 Å². The lowest BCUT2D eigenvalue weighted by atomic mass is 10.1. The number of rotatable bonds is 6. The SMILES string of the molecule is CCc1ccccc1NC(=O)C(=O)Nc1ccc(N(CC)CC)cc1. The van der Waals surface area contributed by atoms with Crippen molar-refractivity contribution in [2.24, 2.45) is 0 Å². The number of benzene rings is 2. The van der Waals surface area contributed by atoms with E-state index < -0.39 is 11.8 Å². The van der Waals surface area contributed by atoms with E-state index in [-0.39, 0.29) is 0 Å². The molecule has 132 valence electrons. The number of nitrogens with zero attached hydrogens (tertiary/aromatic N) is 1. The minimum absolute atomic E-state index is 0.597. The first-order valence-corrected chi connectivity index (χ1v) is 8.64. The predicted octanol–water partition coefficient (Wildman–Crippen LogP) is 3.67. The molecule has 0 saturated carbocycles. The Bertz CT molecular complexity index is 722. The molecule has 25 heavy (non-hydrogen) atoms. The van der Waals surface area contributed by atoms with E-state index in [1.54, 1.807) is 18.2 Å². The summed E-state index contributed by atoms with van der Waals surface area (Å²) < 4.78 is 0. The Labute approximate surface area is 149 Å². The third kappa shape index (κ3) is 4.83. The Balaban J connectivity index is 2.00. The summed E-state index contributed by atoms with van der Waals surface area (Å²) in [7, 11) is 0. The molecule has 0 spiro atoms. The van der Waals surface area contributed by atoms with Gasteiger partial charge in [0.15, 0.2) is 0 Å². The van der Waals surface area contributed by atoms with Gasteiger partial charge in [-0.1, -0.05) is 25.1 Å². The number of hydrogen-bond acceptors (Lipinski definition) is 3. The first-order valence-electron chi connectivity index (χ1n) is 8.64. The van der Waals surface area contributed by atoms with Crippen molar-refractivity contribution in [3.63, 3.8) is 0 Å². The van der Waals surface area contributed by atoms with Crippen LogP contribution in [0.25, 0.3) is 0 Å². The van der Waals surface area contributed by atoms with Gasteiger partial charge in [0.1, 0.15) is 0 Å². The van der Waals surface area contributed by atoms with E-state index in [2.05, 4.69) is 29.4 Å². The van der Waals surface area contributed by atoms with Crippen LogP contribution in [0.5, 0.6) is 0 Å². The lowest BCUT2D eigenvalue weighted by Crippen LogP contribution is -2.29. The lowest BCUT2D eigenvalue weighted by molar-refractivity contribution is -0.133. The molecule has 0 aliphatic carbocycles. The van der Waals surface area contributed by atoms with Crippen LogP contribution < -0.4 is 15.5 Å². The first-order chi connectivity index (χ1) is 12.1. The van der Waals surface area contributed by atoms with Crippen LogP contribution in [-0.2, 0) is 16.0 Å². The van der Waals surface area contributed by atoms with Crippen LogP contribution in [-0.4, -0.2) is 24.9 Å². The molecule has 0 bridgehead atoms. The van der Waals surface area contributed by atoms with Crippen LogP contribution in [0.3, 0.4) is 0 Å². The third-order valence-electron chi connectivity index (χ3n) is 4.11. The molecule has 0 fully saturated rings. The summed E-state index contributed by atoms with van der Waals surface area (Å²) in [6, 6.07) is 14.9. The maximum absolute atomic E-state index is 12.1. The molecule has 0 radical (unpaired) electrons. The van der Waals surface area contributed by atoms with Crippen LogP contribution >= 0.6 is 0 Å². The normalized spacial score (nSPS) is 10.2. The van der Waals surface area contributed by atoms with Gasteiger partial charge >= 0.3 is 11.8 Å². The molecule has 0 atom stereocenters. The van der Waals surface area contributed by atoms with Gasteiger partial charge in [0.2, 0.25) is 0 Å². The van der Waals surface area contributed by atoms with E-state index in [1.807, 2.05) is 37.3 Å². The number of carbonyl (C=O) groups is 2. The fourth-order valence-corrected chi connectivity index (χ4v) is 2.66. The van der Waals surface area contributed by atoms with Crippen molar-refractivity contribution >= 4 is 28.9 Å². The third-order valence-corrected chi connectivity index (χ3v) is 4.11. The highest BCUT2D eigenvalue weighted by atomic mass is 16.2. The Hall–Kier alpha value is -2.82. The Morgan fingerprint density at radius 3 is 2.04 bits per heavy atom. The maximum atomic E-state index is 12.1. The minimum atomic E-state index is -0.679. The maximum Gasteiger partial charge on any atom is 0.314 e. The van der Waals surface area contributed by atoms with Gasteiger partial charge in [0.05, 0.1) is 0 Å². The summed E-state index contributed by atoms with van der Waals surface area (Å²) in [4.78, 5) is 26.4. The molecule has 5 heteroatoms. The highest BCUT2D eigenvalue weighted by molar-refractivity contribution is 6.43. The van der Waals surface area contributed by atoms with Crippen LogP contribution in [0, 0.1) is 0 Å². The minimum Gasteiger partial charge on any atom is -0.372 e. The van der Waals surface area contributed by atoms with Crippen molar-refractivity contribution in [3.8, 4) is 0 Å². The molecule has 2 amide bonds. The smallest absolute Gasteiger partial charge is 0.314 e. The van der Waals surface area contributed by atoms with E-state index in [4.69, 9.17) is 0 Å². The van der Waals surface area contributed by atoms with Crippen LogP contribution in [0.15, 0.2) is 48.5 Å². The Morgan fingerprint density at radius 2 is 1.44 bits per heavy atom. The number of nitrogens with one attached hydrogen (secondary N) is 2. The standard InChI is InChI=1S/C20H25N3O2/c1-4-15-9-7-8-10-18(15)22-20(25)19(24)21-16-11-13-17(14-12-16)23(5-2)6-3/h7-14H,4-6H2,1-3H3,(H,21,24)(H,22,25). The summed E-state index contributed by atoms with van der Waals surface area (Å²) in [6.07, 6.45) is 0.783. The number of hydrogen-bond donors (Lipinski definition) is 2. The molecule has 0 saturated heterocycles. The molecule has 0 unspecified atom stereocenters. The average molecular weight is 339 g/mol. The largest absolute Gasteiger partial charge is 0.372 e. The Kier molecular flexibility index (Phi) is 6.57. The highest BCUT2D eigenvalue weighted by Crippen LogP contribution is 2.18. The van der Waals surface area contributed by atoms with E-state index in [9.17, 15) is 9.59 Å². The molecular weight excluding hydrogens is 314 g/mol. The summed E-state index contributed by atoms with van der Waals surface area (Å²) in [6.45, 7) is 8.03. The molecule has 0 aliphatic heterocycles. The van der Waals surface area contributed by atoms with Gasteiger partial charge < -0.3 is 15.5 Å². The van der Waals surface area contributed by atoms with E-state index >= 15 is 0 Å². The monoisotopic (exact) mass is 339 g/mol. The highest BCUT2D eigenvalue weighted by Gasteiger charge is 2.15. The number of anilines is 3. The summed E-state index contributed by atoms with van der Waals surface area (Å²) >= 11 is 0. The average Bonchev–Trinajstić information content (AvgIpc) is 2.64. The fraction of sp³-hybridized carbons (Fsp3) is 0.300. The van der Waals surface area contributed by atoms with Crippen molar-refractivity contribution in [3.05, 3.63) is 54.1 Å². The van der Waals surface area contributed by atoms with E-state index in [0.717, 1.165) is 30.8 Å². The zero-order chi connectivity index (χ0) is 18.2. The van der Waals surface area contributed by atoms with Gasteiger partial charge in [-0.2, -0.15) is 0 Å². The van der Waals surface area contributed by atoms with E-state index in [1.165, 1.54) is 0 Å². The van der Waals surface area contributed by atoms with Crippen LogP contribution in [0.1, 0.15) is 26.3 Å². The first kappa shape index (κ1) is 18.5. The van der Waals surface area contributed by atoms with Crippen molar-refractivity contribution in [2.75, 3.05) is 28.6 Å². The lowest BCUT2D eigenvalue weighted by Gasteiger charge is -2.21. The molecule has 2 aromatic carbocycles. The van der Waals surface area contributed by atoms with Gasteiger partial charge in [0, 0.05) is 30.2 Å². The quantitative estimate of drug-likeness (QED) is 0.789. The second-order valence-corrected chi connectivity index (χ2v) is 5.64. The fourth-order valence-electron chi connectivity index (χ4n) is 2.66. The zero-order valence-electron chi connectivity index (χ0n) is 15.0. The second-order valence-electron chi connectivity index (χ2n) is 5.64.